The summed E-state index contributed by atoms with van der Waals surface area (Å²) in [4.78, 5) is 55.1. The van der Waals surface area contributed by atoms with Crippen LogP contribution < -0.4 is 4.87 Å². The number of aromatic nitrogens is 1. The van der Waals surface area contributed by atoms with Crippen LogP contribution in [0.25, 0.3) is 0 Å². The Morgan fingerprint density at radius 2 is 1.80 bits per heavy atom. The number of carboxylic acids is 1. The maximum atomic E-state index is 13.2. The number of likely N-dealkylation sites (tertiary alicyclic amines) is 1. The fourth-order valence-corrected chi connectivity index (χ4v) is 10.7. The van der Waals surface area contributed by atoms with Gasteiger partial charge in [-0.15, -0.1) is 11.8 Å². The van der Waals surface area contributed by atoms with Gasteiger partial charge in [-0.05, 0) is 37.0 Å². The lowest BCUT2D eigenvalue weighted by atomic mass is 9.57. The van der Waals surface area contributed by atoms with Crippen LogP contribution in [0.4, 0.5) is 0 Å². The first-order valence-corrected chi connectivity index (χ1v) is 12.6. The molecule has 0 unspecified atom stereocenters. The summed E-state index contributed by atoms with van der Waals surface area (Å²) in [5, 5.41) is 10.3. The van der Waals surface area contributed by atoms with Crippen LogP contribution in [-0.4, -0.2) is 44.6 Å². The minimum absolute atomic E-state index is 0.00281. The summed E-state index contributed by atoms with van der Waals surface area (Å²) < 4.78 is 0. The molecule has 6 atom stereocenters. The van der Waals surface area contributed by atoms with Gasteiger partial charge in [-0.3, -0.25) is 24.1 Å². The van der Waals surface area contributed by atoms with Gasteiger partial charge in [0.05, 0.1) is 23.3 Å². The Hall–Kier alpha value is -1.61. The smallest absolute Gasteiger partial charge is 0.305 e. The van der Waals surface area contributed by atoms with Crippen molar-refractivity contribution in [2.24, 2.45) is 29.6 Å². The zero-order valence-electron chi connectivity index (χ0n) is 16.5. The molecule has 3 aliphatic carbocycles. The normalized spacial score (nSPS) is 38.1. The first kappa shape index (κ1) is 19.1. The number of hydrogen-bond acceptors (Lipinski definition) is 6. The number of hydrogen-bond donors (Lipinski definition) is 2. The molecule has 1 aromatic heterocycles. The fraction of sp³-hybridized carbons (Fsp3) is 0.714. The van der Waals surface area contributed by atoms with Crippen LogP contribution in [0, 0.1) is 29.6 Å². The Morgan fingerprint density at radius 1 is 1.10 bits per heavy atom. The highest BCUT2D eigenvalue weighted by Crippen LogP contribution is 2.71. The Bertz CT molecular complexity index is 1010. The van der Waals surface area contributed by atoms with E-state index in [1.54, 1.807) is 11.8 Å². The number of nitrogens with one attached hydrogen (secondary N) is 1. The third-order valence-corrected chi connectivity index (χ3v) is 11.1. The maximum Gasteiger partial charge on any atom is 0.305 e. The zero-order chi connectivity index (χ0) is 20.8. The number of thiazole rings is 1. The Kier molecular flexibility index (Phi) is 4.11. The van der Waals surface area contributed by atoms with Gasteiger partial charge in [0.2, 0.25) is 11.8 Å². The zero-order valence-corrected chi connectivity index (χ0v) is 18.1. The Morgan fingerprint density at radius 3 is 2.50 bits per heavy atom. The molecule has 0 radical (unpaired) electrons. The lowest BCUT2D eigenvalue weighted by Crippen LogP contribution is -2.51. The largest absolute Gasteiger partial charge is 0.481 e. The molecule has 1 spiro atoms. The molecule has 3 saturated carbocycles. The Balaban J connectivity index is 1.41. The Labute approximate surface area is 181 Å². The van der Waals surface area contributed by atoms with E-state index in [4.69, 9.17) is 5.11 Å². The molecule has 1 aromatic rings. The summed E-state index contributed by atoms with van der Waals surface area (Å²) >= 11 is 3.08. The highest BCUT2D eigenvalue weighted by molar-refractivity contribution is 8.00. The van der Waals surface area contributed by atoms with Crippen LogP contribution in [0.15, 0.2) is 9.82 Å². The van der Waals surface area contributed by atoms with E-state index in [-0.39, 0.29) is 64.0 Å². The molecular weight excluding hydrogens is 424 g/mol. The number of amides is 2. The molecule has 160 valence electrons. The van der Waals surface area contributed by atoms with Crippen molar-refractivity contribution >= 4 is 40.9 Å². The van der Waals surface area contributed by atoms with E-state index in [9.17, 15) is 19.2 Å². The standard InChI is InChI=1S/C21H24N2O5S2/c24-11(25)4-7-23-18(26)12-9-8-10(13(12)19(23)27)15-14(9)21(5-2-1-3-6-21)16-17(29-15)22-20(28)30-16/h9-10,12-15H,1-8H2,(H,22,28)(H,24,25)/t9-,10-,12-,13-,14-,15+/m1/s1. The number of fused-ring (bicyclic) bond motifs is 11. The monoisotopic (exact) mass is 448 g/mol. The molecule has 5 aliphatic rings. The third kappa shape index (κ3) is 2.33. The van der Waals surface area contributed by atoms with Crippen LogP contribution in [0.5, 0.6) is 0 Å². The number of carbonyl (C=O) groups excluding carboxylic acids is 2. The average molecular weight is 449 g/mol. The average Bonchev–Trinajstić information content (AvgIpc) is 3.43. The third-order valence-electron chi connectivity index (χ3n) is 8.45. The highest BCUT2D eigenvalue weighted by atomic mass is 32.2. The van der Waals surface area contributed by atoms with Crippen molar-refractivity contribution in [2.75, 3.05) is 6.54 Å². The lowest BCUT2D eigenvalue weighted by Gasteiger charge is -2.52. The van der Waals surface area contributed by atoms with E-state index in [1.165, 1.54) is 27.5 Å². The number of H-pyrrole nitrogens is 1. The predicted molar refractivity (Wildman–Crippen MR) is 110 cm³/mol. The molecule has 9 heteroatoms. The van der Waals surface area contributed by atoms with Crippen LogP contribution in [0.1, 0.15) is 49.8 Å². The van der Waals surface area contributed by atoms with E-state index < -0.39 is 5.97 Å². The summed E-state index contributed by atoms with van der Waals surface area (Å²) in [6.07, 6.45) is 6.31. The lowest BCUT2D eigenvalue weighted by molar-refractivity contribution is -0.142. The van der Waals surface area contributed by atoms with Crippen LogP contribution in [0.2, 0.25) is 0 Å². The van der Waals surface area contributed by atoms with Crippen molar-refractivity contribution in [3.05, 3.63) is 14.5 Å². The molecular formula is C21H24N2O5S2. The van der Waals surface area contributed by atoms with Gasteiger partial charge < -0.3 is 10.1 Å². The minimum Gasteiger partial charge on any atom is -0.481 e. The van der Waals surface area contributed by atoms with Crippen molar-refractivity contribution in [3.8, 4) is 0 Å². The second-order valence-corrected chi connectivity index (χ2v) is 11.8. The first-order valence-electron chi connectivity index (χ1n) is 10.9. The number of rotatable bonds is 3. The number of nitrogens with zero attached hydrogens (tertiary/aromatic N) is 1. The molecule has 6 rings (SSSR count). The SMILES string of the molecule is O=C(O)CCN1C(=O)[C@@H]2[C@H]3C[C@@H]([C@@H]4Sc5[nH]c(=O)sc5C5(CCCCC5)[C@H]34)[C@H]2C1=O. The number of thioether (sulfide) groups is 1. The summed E-state index contributed by atoms with van der Waals surface area (Å²) in [5.74, 6) is -1.30. The maximum absolute atomic E-state index is 13.2. The number of aromatic amines is 1. The predicted octanol–water partition coefficient (Wildman–Crippen LogP) is 2.45. The van der Waals surface area contributed by atoms with Gasteiger partial charge in [0, 0.05) is 22.1 Å². The van der Waals surface area contributed by atoms with E-state index in [1.807, 2.05) is 0 Å². The van der Waals surface area contributed by atoms with Gasteiger partial charge in [-0.2, -0.15) is 0 Å². The van der Waals surface area contributed by atoms with Crippen LogP contribution in [-0.2, 0) is 19.8 Å². The van der Waals surface area contributed by atoms with Crippen molar-refractivity contribution in [2.45, 2.75) is 60.6 Å². The second-order valence-electron chi connectivity index (χ2n) is 9.58. The van der Waals surface area contributed by atoms with E-state index in [0.29, 0.717) is 5.92 Å². The number of aliphatic carboxylic acids is 1. The number of imide groups is 1. The molecule has 7 nitrogen and oxygen atoms in total. The van der Waals surface area contributed by atoms with Gasteiger partial charge >= 0.3 is 10.8 Å². The highest BCUT2D eigenvalue weighted by Gasteiger charge is 2.71. The topological polar surface area (TPSA) is 108 Å². The van der Waals surface area contributed by atoms with Gasteiger partial charge in [-0.25, -0.2) is 0 Å². The molecule has 2 bridgehead atoms. The van der Waals surface area contributed by atoms with Gasteiger partial charge in [0.15, 0.2) is 0 Å². The molecule has 2 N–H and O–H groups in total. The van der Waals surface area contributed by atoms with E-state index in [0.717, 1.165) is 37.1 Å². The molecule has 2 aliphatic heterocycles. The molecule has 30 heavy (non-hydrogen) atoms. The summed E-state index contributed by atoms with van der Waals surface area (Å²) in [7, 11) is 0. The minimum atomic E-state index is -0.991. The van der Waals surface area contributed by atoms with E-state index in [2.05, 4.69) is 4.98 Å². The molecule has 0 aromatic carbocycles. The molecule has 1 saturated heterocycles. The number of carbonyl (C=O) groups is 3. The first-order chi connectivity index (χ1) is 14.4. The molecule has 4 fully saturated rings. The van der Waals surface area contributed by atoms with Crippen molar-refractivity contribution in [1.29, 1.82) is 0 Å². The second kappa shape index (κ2) is 6.45. The van der Waals surface area contributed by atoms with Crippen molar-refractivity contribution < 1.29 is 19.5 Å². The molecule has 2 amide bonds. The summed E-state index contributed by atoms with van der Waals surface area (Å²) in [6.45, 7) is -0.0201. The van der Waals surface area contributed by atoms with Gasteiger partial charge in [0.1, 0.15) is 0 Å². The molecule has 3 heterocycles. The van der Waals surface area contributed by atoms with E-state index >= 15 is 0 Å². The van der Waals surface area contributed by atoms with Crippen molar-refractivity contribution in [1.82, 2.24) is 9.88 Å². The fourth-order valence-electron chi connectivity index (χ4n) is 7.57. The van der Waals surface area contributed by atoms with Crippen molar-refractivity contribution in [3.63, 3.8) is 0 Å². The summed E-state index contributed by atoms with van der Waals surface area (Å²) in [5.41, 5.74) is -0.0461. The quantitative estimate of drug-likeness (QED) is 0.688. The number of carboxylic acid groups (broad SMARTS) is 1. The summed E-state index contributed by atoms with van der Waals surface area (Å²) in [6, 6.07) is 0. The van der Waals surface area contributed by atoms with Gasteiger partial charge in [0.25, 0.3) is 0 Å². The van der Waals surface area contributed by atoms with Crippen LogP contribution >= 0.6 is 23.1 Å². The van der Waals surface area contributed by atoms with Gasteiger partial charge in [-0.1, -0.05) is 30.6 Å². The van der Waals surface area contributed by atoms with Crippen LogP contribution in [0.3, 0.4) is 0 Å².